The van der Waals surface area contributed by atoms with Crippen molar-refractivity contribution in [3.63, 3.8) is 0 Å². The monoisotopic (exact) mass is 126 g/mol. The van der Waals surface area contributed by atoms with Crippen LogP contribution in [0.3, 0.4) is 0 Å². The zero-order chi connectivity index (χ0) is 6.10. The zero-order valence-corrected chi connectivity index (χ0v) is 5.81. The number of fused-ring (bicyclic) bond motifs is 4. The zero-order valence-electron chi connectivity index (χ0n) is 5.81. The fraction of sp³-hybridized carbons (Fsp3) is 1.00. The quantitative estimate of drug-likeness (QED) is 0.483. The highest BCUT2D eigenvalue weighted by Crippen LogP contribution is 2.31. The van der Waals surface area contributed by atoms with Crippen LogP contribution in [0.2, 0.25) is 0 Å². The van der Waals surface area contributed by atoms with Crippen molar-refractivity contribution in [3.8, 4) is 0 Å². The van der Waals surface area contributed by atoms with Crippen LogP contribution < -0.4 is 0 Å². The predicted octanol–water partition coefficient (Wildman–Crippen LogP) is 2.11. The van der Waals surface area contributed by atoms with Gasteiger partial charge in [-0.05, 0) is 19.3 Å². The summed E-state index contributed by atoms with van der Waals surface area (Å²) in [5, 5.41) is 0. The average Bonchev–Trinajstić information content (AvgIpc) is 1.54. The van der Waals surface area contributed by atoms with Crippen molar-refractivity contribution in [1.82, 2.24) is 0 Å². The third-order valence-electron chi connectivity index (χ3n) is 2.46. The van der Waals surface area contributed by atoms with E-state index in [0.29, 0.717) is 12.2 Å². The van der Waals surface area contributed by atoms with Gasteiger partial charge in [-0.25, -0.2) is 0 Å². The third-order valence-corrected chi connectivity index (χ3v) is 2.46. The lowest BCUT2D eigenvalue weighted by Crippen LogP contribution is -2.38. The third kappa shape index (κ3) is 1.11. The minimum atomic E-state index is 0.662. The largest absolute Gasteiger partial charge is 0.375 e. The summed E-state index contributed by atoms with van der Waals surface area (Å²) in [5.41, 5.74) is 0. The molecule has 1 saturated carbocycles. The summed E-state index contributed by atoms with van der Waals surface area (Å²) in [6.45, 7) is 0. The molecule has 3 aliphatic rings. The molecule has 3 fully saturated rings. The first kappa shape index (κ1) is 5.72. The lowest BCUT2D eigenvalue weighted by molar-refractivity contribution is -0.136. The van der Waals surface area contributed by atoms with Crippen LogP contribution in [0.5, 0.6) is 0 Å². The van der Waals surface area contributed by atoms with Gasteiger partial charge in [0.25, 0.3) is 0 Å². The second kappa shape index (κ2) is 2.30. The van der Waals surface area contributed by atoms with E-state index in [0.717, 1.165) is 0 Å². The molecular weight excluding hydrogens is 112 g/mol. The molecule has 0 N–H and O–H groups in total. The van der Waals surface area contributed by atoms with Crippen molar-refractivity contribution in [2.45, 2.75) is 50.7 Å². The Kier molecular flexibility index (Phi) is 1.46. The van der Waals surface area contributed by atoms with Gasteiger partial charge >= 0.3 is 0 Å². The maximum absolute atomic E-state index is 5.58. The maximum atomic E-state index is 5.58. The second-order valence-corrected chi connectivity index (χ2v) is 3.25. The molecule has 2 atom stereocenters. The highest BCUT2D eigenvalue weighted by atomic mass is 16.5. The number of ether oxygens (including phenoxy) is 1. The predicted molar refractivity (Wildman–Crippen MR) is 36.4 cm³/mol. The first-order valence-electron chi connectivity index (χ1n) is 4.10. The summed E-state index contributed by atoms with van der Waals surface area (Å²) < 4.78 is 5.58. The van der Waals surface area contributed by atoms with Crippen LogP contribution in [0.4, 0.5) is 0 Å². The maximum Gasteiger partial charge on any atom is 0.0603 e. The van der Waals surface area contributed by atoms with Crippen LogP contribution >= 0.6 is 0 Å². The highest BCUT2D eigenvalue weighted by molar-refractivity contribution is 4.79. The molecular formula is C8H14O. The van der Waals surface area contributed by atoms with E-state index in [9.17, 15) is 0 Å². The molecule has 2 aliphatic heterocycles. The fourth-order valence-corrected chi connectivity index (χ4v) is 1.85. The first-order chi connectivity index (χ1) is 4.45. The van der Waals surface area contributed by atoms with Crippen molar-refractivity contribution in [2.75, 3.05) is 0 Å². The second-order valence-electron chi connectivity index (χ2n) is 3.25. The van der Waals surface area contributed by atoms with E-state index >= 15 is 0 Å². The molecule has 2 saturated heterocycles. The van der Waals surface area contributed by atoms with Crippen LogP contribution in [-0.4, -0.2) is 12.2 Å². The molecule has 1 nitrogen and oxygen atoms in total. The van der Waals surface area contributed by atoms with Gasteiger partial charge in [0.2, 0.25) is 0 Å². The molecule has 1 heteroatoms. The van der Waals surface area contributed by atoms with Crippen molar-refractivity contribution >= 4 is 0 Å². The normalized spacial score (nSPS) is 42.7. The van der Waals surface area contributed by atoms with E-state index in [1.165, 1.54) is 38.5 Å². The molecule has 3 rings (SSSR count). The van der Waals surface area contributed by atoms with Crippen LogP contribution in [0.25, 0.3) is 0 Å². The van der Waals surface area contributed by atoms with Crippen molar-refractivity contribution in [3.05, 3.63) is 0 Å². The van der Waals surface area contributed by atoms with Gasteiger partial charge in [0.05, 0.1) is 12.2 Å². The summed E-state index contributed by atoms with van der Waals surface area (Å²) in [4.78, 5) is 0. The molecule has 0 amide bonds. The molecule has 0 spiro atoms. The summed E-state index contributed by atoms with van der Waals surface area (Å²) in [5.74, 6) is 0. The van der Waals surface area contributed by atoms with E-state index in [1.54, 1.807) is 0 Å². The van der Waals surface area contributed by atoms with Gasteiger partial charge in [-0.2, -0.15) is 0 Å². The Morgan fingerprint density at radius 3 is 2.00 bits per heavy atom. The van der Waals surface area contributed by atoms with E-state index in [1.807, 2.05) is 0 Å². The van der Waals surface area contributed by atoms with Crippen LogP contribution in [-0.2, 0) is 4.74 Å². The molecule has 1 aliphatic carbocycles. The summed E-state index contributed by atoms with van der Waals surface area (Å²) in [7, 11) is 0. The Labute approximate surface area is 56.4 Å². The molecule has 52 valence electrons. The Balaban J connectivity index is 1.85. The molecule has 0 aromatic rings. The van der Waals surface area contributed by atoms with Crippen LogP contribution in [0.1, 0.15) is 38.5 Å². The van der Waals surface area contributed by atoms with E-state index < -0.39 is 0 Å². The van der Waals surface area contributed by atoms with Crippen molar-refractivity contribution in [2.24, 2.45) is 0 Å². The SMILES string of the molecule is C1CCC2CC(CC1)O2. The van der Waals surface area contributed by atoms with Gasteiger partial charge in [-0.3, -0.25) is 0 Å². The average molecular weight is 126 g/mol. The minimum Gasteiger partial charge on any atom is -0.375 e. The standard InChI is InChI=1S/C8H14O/c1-2-4-7-6-8(9-7)5-3-1/h7-8H,1-6H2. The molecule has 2 heterocycles. The van der Waals surface area contributed by atoms with Gasteiger partial charge in [-0.1, -0.05) is 19.3 Å². The topological polar surface area (TPSA) is 9.23 Å². The van der Waals surface area contributed by atoms with Crippen LogP contribution in [0, 0.1) is 0 Å². The molecule has 0 radical (unpaired) electrons. The first-order valence-corrected chi connectivity index (χ1v) is 4.10. The molecule has 2 unspecified atom stereocenters. The Morgan fingerprint density at radius 1 is 0.889 bits per heavy atom. The Morgan fingerprint density at radius 2 is 1.44 bits per heavy atom. The Hall–Kier alpha value is -0.0400. The van der Waals surface area contributed by atoms with E-state index in [2.05, 4.69) is 0 Å². The molecule has 0 aromatic heterocycles. The molecule has 0 aromatic carbocycles. The molecule has 9 heavy (non-hydrogen) atoms. The van der Waals surface area contributed by atoms with Crippen molar-refractivity contribution in [1.29, 1.82) is 0 Å². The number of hydrogen-bond acceptors (Lipinski definition) is 1. The summed E-state index contributed by atoms with van der Waals surface area (Å²) in [6.07, 6.45) is 9.59. The van der Waals surface area contributed by atoms with Gasteiger partial charge < -0.3 is 4.74 Å². The number of hydrogen-bond donors (Lipinski definition) is 0. The fourth-order valence-electron chi connectivity index (χ4n) is 1.85. The lowest BCUT2D eigenvalue weighted by atomic mass is 9.91. The highest BCUT2D eigenvalue weighted by Gasteiger charge is 2.30. The Bertz CT molecular complexity index is 79.2. The van der Waals surface area contributed by atoms with Gasteiger partial charge in [-0.15, -0.1) is 0 Å². The molecule has 2 bridgehead atoms. The summed E-state index contributed by atoms with van der Waals surface area (Å²) in [6, 6.07) is 0. The van der Waals surface area contributed by atoms with Crippen molar-refractivity contribution < 1.29 is 4.74 Å². The van der Waals surface area contributed by atoms with Gasteiger partial charge in [0.1, 0.15) is 0 Å². The van der Waals surface area contributed by atoms with Gasteiger partial charge in [0, 0.05) is 0 Å². The minimum absolute atomic E-state index is 0.662. The summed E-state index contributed by atoms with van der Waals surface area (Å²) >= 11 is 0. The van der Waals surface area contributed by atoms with Gasteiger partial charge in [0.15, 0.2) is 0 Å². The van der Waals surface area contributed by atoms with E-state index in [-0.39, 0.29) is 0 Å². The van der Waals surface area contributed by atoms with E-state index in [4.69, 9.17) is 4.74 Å². The lowest BCUT2D eigenvalue weighted by Gasteiger charge is -2.38. The number of rotatable bonds is 0. The van der Waals surface area contributed by atoms with Crippen LogP contribution in [0.15, 0.2) is 0 Å². The smallest absolute Gasteiger partial charge is 0.0603 e.